The minimum absolute atomic E-state index is 0.690. The summed E-state index contributed by atoms with van der Waals surface area (Å²) >= 11 is 0. The summed E-state index contributed by atoms with van der Waals surface area (Å²) in [5.74, 6) is 3.24. The summed E-state index contributed by atoms with van der Waals surface area (Å²) in [6.45, 7) is 7.25. The van der Waals surface area contributed by atoms with Gasteiger partial charge in [0.1, 0.15) is 0 Å². The Bertz CT molecular complexity index is 172. The minimum atomic E-state index is 0.690. The fraction of sp³-hybridized carbons (Fsp3) is 1.00. The van der Waals surface area contributed by atoms with E-state index in [1.807, 2.05) is 0 Å². The molecule has 0 aromatic heterocycles. The molecule has 0 amide bonds. The van der Waals surface area contributed by atoms with Gasteiger partial charge in [-0.05, 0) is 48.9 Å². The zero-order chi connectivity index (χ0) is 9.47. The maximum atomic E-state index is 2.43. The van der Waals surface area contributed by atoms with Crippen molar-refractivity contribution in [3.8, 4) is 0 Å². The molecule has 0 heteroatoms. The molecule has 0 nitrogen and oxygen atoms in total. The summed E-state index contributed by atoms with van der Waals surface area (Å²) in [5.41, 5.74) is 0.690. The second-order valence-electron chi connectivity index (χ2n) is 6.33. The van der Waals surface area contributed by atoms with Crippen LogP contribution in [0.3, 0.4) is 0 Å². The summed E-state index contributed by atoms with van der Waals surface area (Å²) in [5, 5.41) is 0. The van der Waals surface area contributed by atoms with Crippen molar-refractivity contribution in [3.05, 3.63) is 0 Å². The highest BCUT2D eigenvalue weighted by molar-refractivity contribution is 4.88. The van der Waals surface area contributed by atoms with E-state index in [9.17, 15) is 0 Å². The minimum Gasteiger partial charge on any atom is -0.0622 e. The molecule has 0 aliphatic heterocycles. The van der Waals surface area contributed by atoms with Crippen molar-refractivity contribution < 1.29 is 0 Å². The van der Waals surface area contributed by atoms with Crippen molar-refractivity contribution in [2.75, 3.05) is 0 Å². The molecule has 2 fully saturated rings. The normalized spacial score (nSPS) is 38.1. The van der Waals surface area contributed by atoms with E-state index in [1.54, 1.807) is 0 Å². The highest BCUT2D eigenvalue weighted by atomic mass is 14.4. The molecule has 13 heavy (non-hydrogen) atoms. The van der Waals surface area contributed by atoms with Gasteiger partial charge < -0.3 is 0 Å². The molecule has 76 valence electrons. The molecule has 2 aliphatic carbocycles. The molecule has 0 bridgehead atoms. The van der Waals surface area contributed by atoms with Gasteiger partial charge in [0.2, 0.25) is 0 Å². The molecule has 0 aromatic carbocycles. The monoisotopic (exact) mass is 180 g/mol. The van der Waals surface area contributed by atoms with Crippen LogP contribution in [0.25, 0.3) is 0 Å². The molecule has 0 aromatic rings. The van der Waals surface area contributed by atoms with Gasteiger partial charge in [0.15, 0.2) is 0 Å². The van der Waals surface area contributed by atoms with Crippen molar-refractivity contribution in [2.45, 2.75) is 59.3 Å². The third-order valence-electron chi connectivity index (χ3n) is 4.43. The van der Waals surface area contributed by atoms with Crippen molar-refractivity contribution in [1.29, 1.82) is 0 Å². The fourth-order valence-corrected chi connectivity index (χ4v) is 3.32. The van der Waals surface area contributed by atoms with Crippen LogP contribution in [0.1, 0.15) is 59.3 Å². The lowest BCUT2D eigenvalue weighted by molar-refractivity contribution is 0.0712. The van der Waals surface area contributed by atoms with Crippen LogP contribution in [0.15, 0.2) is 0 Å². The highest BCUT2D eigenvalue weighted by Crippen LogP contribution is 2.48. The number of rotatable bonds is 3. The smallest absolute Gasteiger partial charge is 0.0349 e. The molecule has 2 rings (SSSR count). The number of hydrogen-bond donors (Lipinski definition) is 0. The lowest BCUT2D eigenvalue weighted by atomic mass is 9.61. The van der Waals surface area contributed by atoms with E-state index in [1.165, 1.54) is 38.5 Å². The maximum Gasteiger partial charge on any atom is -0.0349 e. The SMILES string of the molecule is CC1CCC1CCC1CC(C)(C)C1. The zero-order valence-electron chi connectivity index (χ0n) is 9.47. The van der Waals surface area contributed by atoms with E-state index in [4.69, 9.17) is 0 Å². The Morgan fingerprint density at radius 1 is 1.08 bits per heavy atom. The Morgan fingerprint density at radius 3 is 2.15 bits per heavy atom. The summed E-state index contributed by atoms with van der Waals surface area (Å²) in [6, 6.07) is 0. The molecule has 2 saturated carbocycles. The largest absolute Gasteiger partial charge is 0.0622 e. The molecule has 0 N–H and O–H groups in total. The average molecular weight is 180 g/mol. The molecular weight excluding hydrogens is 156 g/mol. The second kappa shape index (κ2) is 3.29. The zero-order valence-corrected chi connectivity index (χ0v) is 9.47. The van der Waals surface area contributed by atoms with Crippen LogP contribution in [0.5, 0.6) is 0 Å². The molecule has 0 radical (unpaired) electrons. The summed E-state index contributed by atoms with van der Waals surface area (Å²) < 4.78 is 0. The molecule has 2 unspecified atom stereocenters. The highest BCUT2D eigenvalue weighted by Gasteiger charge is 2.36. The standard InChI is InChI=1S/C13H24/c1-10-4-6-12(10)7-5-11-8-13(2,3)9-11/h10-12H,4-9H2,1-3H3. The lowest BCUT2D eigenvalue weighted by Crippen LogP contribution is -2.32. The predicted molar refractivity (Wildman–Crippen MR) is 57.6 cm³/mol. The van der Waals surface area contributed by atoms with Crippen LogP contribution in [-0.2, 0) is 0 Å². The Balaban J connectivity index is 1.60. The van der Waals surface area contributed by atoms with E-state index in [-0.39, 0.29) is 0 Å². The Kier molecular flexibility index (Phi) is 2.42. The van der Waals surface area contributed by atoms with Crippen LogP contribution in [0.2, 0.25) is 0 Å². The van der Waals surface area contributed by atoms with Gasteiger partial charge in [0.25, 0.3) is 0 Å². The van der Waals surface area contributed by atoms with Gasteiger partial charge in [-0.15, -0.1) is 0 Å². The summed E-state index contributed by atoms with van der Waals surface area (Å²) in [4.78, 5) is 0. The summed E-state index contributed by atoms with van der Waals surface area (Å²) in [7, 11) is 0. The van der Waals surface area contributed by atoms with Crippen LogP contribution in [0, 0.1) is 23.2 Å². The van der Waals surface area contributed by atoms with E-state index >= 15 is 0 Å². The van der Waals surface area contributed by atoms with E-state index in [0.717, 1.165) is 17.8 Å². The van der Waals surface area contributed by atoms with Gasteiger partial charge in [-0.3, -0.25) is 0 Å². The first-order valence-corrected chi connectivity index (χ1v) is 6.07. The third-order valence-corrected chi connectivity index (χ3v) is 4.43. The van der Waals surface area contributed by atoms with Crippen molar-refractivity contribution >= 4 is 0 Å². The fourth-order valence-electron chi connectivity index (χ4n) is 3.32. The van der Waals surface area contributed by atoms with Crippen molar-refractivity contribution in [1.82, 2.24) is 0 Å². The Labute approximate surface area is 83.1 Å². The Hall–Kier alpha value is 0. The number of hydrogen-bond acceptors (Lipinski definition) is 0. The summed E-state index contributed by atoms with van der Waals surface area (Å²) in [6.07, 6.45) is 9.07. The van der Waals surface area contributed by atoms with Gasteiger partial charge in [-0.2, -0.15) is 0 Å². The molecular formula is C13H24. The van der Waals surface area contributed by atoms with E-state index in [0.29, 0.717) is 5.41 Å². The van der Waals surface area contributed by atoms with Crippen molar-refractivity contribution in [2.24, 2.45) is 23.2 Å². The quantitative estimate of drug-likeness (QED) is 0.609. The molecule has 2 aliphatic rings. The van der Waals surface area contributed by atoms with Crippen LogP contribution >= 0.6 is 0 Å². The van der Waals surface area contributed by atoms with Crippen LogP contribution in [0.4, 0.5) is 0 Å². The van der Waals surface area contributed by atoms with E-state index < -0.39 is 0 Å². The maximum absolute atomic E-state index is 2.43. The topological polar surface area (TPSA) is 0 Å². The predicted octanol–water partition coefficient (Wildman–Crippen LogP) is 4.25. The molecule has 0 spiro atoms. The van der Waals surface area contributed by atoms with Crippen LogP contribution in [-0.4, -0.2) is 0 Å². The van der Waals surface area contributed by atoms with Crippen LogP contribution < -0.4 is 0 Å². The van der Waals surface area contributed by atoms with Gasteiger partial charge in [0, 0.05) is 0 Å². The van der Waals surface area contributed by atoms with Crippen molar-refractivity contribution in [3.63, 3.8) is 0 Å². The first-order chi connectivity index (χ1) is 6.07. The second-order valence-corrected chi connectivity index (χ2v) is 6.33. The van der Waals surface area contributed by atoms with Gasteiger partial charge >= 0.3 is 0 Å². The van der Waals surface area contributed by atoms with Gasteiger partial charge in [-0.25, -0.2) is 0 Å². The lowest BCUT2D eigenvalue weighted by Gasteiger charge is -2.44. The Morgan fingerprint density at radius 2 is 1.77 bits per heavy atom. The van der Waals surface area contributed by atoms with Gasteiger partial charge in [-0.1, -0.05) is 33.6 Å². The van der Waals surface area contributed by atoms with E-state index in [2.05, 4.69) is 20.8 Å². The molecule has 0 heterocycles. The molecule has 0 saturated heterocycles. The first kappa shape index (κ1) is 9.55. The average Bonchev–Trinajstić information content (AvgIpc) is 1.98. The van der Waals surface area contributed by atoms with Gasteiger partial charge in [0.05, 0.1) is 0 Å². The first-order valence-electron chi connectivity index (χ1n) is 6.07. The third kappa shape index (κ3) is 2.08. The molecule has 2 atom stereocenters.